The zero-order chi connectivity index (χ0) is 19.3. The lowest BCUT2D eigenvalue weighted by atomic mass is 10.0. The number of hydrogen-bond acceptors (Lipinski definition) is 3. The molecule has 1 N–H and O–H groups in total. The fraction of sp³-hybridized carbons (Fsp3) is 0.100. The van der Waals surface area contributed by atoms with Crippen molar-refractivity contribution in [1.82, 2.24) is 10.3 Å². The van der Waals surface area contributed by atoms with Gasteiger partial charge in [-0.05, 0) is 53.7 Å². The molecule has 1 unspecified atom stereocenters. The predicted molar refractivity (Wildman–Crippen MR) is 98.3 cm³/mol. The third-order valence-corrected chi connectivity index (χ3v) is 4.48. The number of benzene rings is 2. The van der Waals surface area contributed by atoms with Crippen molar-refractivity contribution < 1.29 is 18.0 Å². The molecule has 1 atom stereocenters. The Morgan fingerprint density at radius 2 is 1.59 bits per heavy atom. The second-order valence-electron chi connectivity index (χ2n) is 5.64. The van der Waals surface area contributed by atoms with Gasteiger partial charge in [-0.15, -0.1) is 0 Å². The van der Waals surface area contributed by atoms with Gasteiger partial charge in [-0.3, -0.25) is 9.78 Å². The number of thioether (sulfide) groups is 1. The smallest absolute Gasteiger partial charge is 0.340 e. The number of hydrogen-bond donors (Lipinski definition) is 1. The van der Waals surface area contributed by atoms with E-state index in [0.29, 0.717) is 5.69 Å². The van der Waals surface area contributed by atoms with Gasteiger partial charge in [-0.2, -0.15) is 13.2 Å². The van der Waals surface area contributed by atoms with Gasteiger partial charge in [-0.1, -0.05) is 36.4 Å². The maximum absolute atomic E-state index is 12.6. The van der Waals surface area contributed by atoms with Crippen molar-refractivity contribution in [1.29, 1.82) is 0 Å². The first-order valence-corrected chi connectivity index (χ1v) is 8.86. The molecule has 3 rings (SSSR count). The number of alkyl halides is 3. The summed E-state index contributed by atoms with van der Waals surface area (Å²) in [4.78, 5) is 17.0. The number of nitrogens with one attached hydrogen (secondary N) is 1. The van der Waals surface area contributed by atoms with Crippen molar-refractivity contribution in [3.8, 4) is 0 Å². The van der Waals surface area contributed by atoms with E-state index in [4.69, 9.17) is 0 Å². The van der Waals surface area contributed by atoms with Crippen molar-refractivity contribution >= 4 is 17.7 Å². The summed E-state index contributed by atoms with van der Waals surface area (Å²) >= 11 is -0.213. The molecule has 0 spiro atoms. The van der Waals surface area contributed by atoms with E-state index in [-0.39, 0.29) is 22.2 Å². The molecule has 0 aliphatic carbocycles. The highest BCUT2D eigenvalue weighted by Crippen LogP contribution is 2.36. The number of carbonyl (C=O) groups excluding carboxylic acids is 1. The minimum Gasteiger partial charge on any atom is -0.340 e. The minimum atomic E-state index is -4.36. The van der Waals surface area contributed by atoms with Crippen LogP contribution >= 0.6 is 11.8 Å². The van der Waals surface area contributed by atoms with Gasteiger partial charge in [0, 0.05) is 16.7 Å². The molecule has 0 radical (unpaired) electrons. The Labute approximate surface area is 158 Å². The fourth-order valence-electron chi connectivity index (χ4n) is 2.54. The molecule has 0 fully saturated rings. The van der Waals surface area contributed by atoms with E-state index >= 15 is 0 Å². The number of pyridine rings is 1. The van der Waals surface area contributed by atoms with Crippen LogP contribution in [0.5, 0.6) is 0 Å². The van der Waals surface area contributed by atoms with Gasteiger partial charge >= 0.3 is 5.51 Å². The Hall–Kier alpha value is -2.80. The third kappa shape index (κ3) is 5.34. The minimum absolute atomic E-state index is 0.0309. The molecule has 0 aliphatic heterocycles. The van der Waals surface area contributed by atoms with E-state index in [1.165, 1.54) is 24.3 Å². The van der Waals surface area contributed by atoms with Gasteiger partial charge in [-0.25, -0.2) is 0 Å². The molecule has 0 aliphatic rings. The summed E-state index contributed by atoms with van der Waals surface area (Å²) in [5.74, 6) is -0.391. The average Bonchev–Trinajstić information content (AvgIpc) is 2.66. The van der Waals surface area contributed by atoms with Crippen molar-refractivity contribution in [2.45, 2.75) is 16.4 Å². The lowest BCUT2D eigenvalue weighted by Gasteiger charge is -2.19. The van der Waals surface area contributed by atoms with Crippen molar-refractivity contribution in [2.75, 3.05) is 0 Å². The summed E-state index contributed by atoms with van der Waals surface area (Å²) in [6, 6.07) is 19.6. The van der Waals surface area contributed by atoms with E-state index < -0.39 is 17.5 Å². The molecule has 0 saturated heterocycles. The Bertz CT molecular complexity index is 845. The summed E-state index contributed by atoms with van der Waals surface area (Å²) in [6.45, 7) is 0. The summed E-state index contributed by atoms with van der Waals surface area (Å²) in [5.41, 5.74) is -2.56. The zero-order valence-electron chi connectivity index (χ0n) is 14.0. The second-order valence-corrected chi connectivity index (χ2v) is 6.78. The van der Waals surface area contributed by atoms with E-state index in [0.717, 1.165) is 5.56 Å². The van der Waals surface area contributed by atoms with Crippen LogP contribution in [-0.2, 0) is 0 Å². The van der Waals surface area contributed by atoms with Crippen LogP contribution in [0.4, 0.5) is 13.2 Å². The molecule has 3 aromatic rings. The molecule has 1 amide bonds. The Balaban J connectivity index is 1.81. The van der Waals surface area contributed by atoms with E-state index in [1.54, 1.807) is 18.3 Å². The van der Waals surface area contributed by atoms with Crippen molar-refractivity contribution in [3.05, 3.63) is 95.8 Å². The maximum Gasteiger partial charge on any atom is 0.446 e. The molecule has 1 aromatic heterocycles. The predicted octanol–water partition coefficient (Wildman–Crippen LogP) is 5.21. The van der Waals surface area contributed by atoms with Crippen LogP contribution in [0.1, 0.15) is 27.7 Å². The number of aromatic nitrogens is 1. The Morgan fingerprint density at radius 1 is 0.926 bits per heavy atom. The van der Waals surface area contributed by atoms with Crippen LogP contribution in [0, 0.1) is 0 Å². The SMILES string of the molecule is O=C(NC(c1ccccc1)c1ccccn1)c1ccc(SC(F)(F)F)cc1. The van der Waals surface area contributed by atoms with Crippen molar-refractivity contribution in [3.63, 3.8) is 0 Å². The number of carbonyl (C=O) groups is 1. The highest BCUT2D eigenvalue weighted by Gasteiger charge is 2.29. The van der Waals surface area contributed by atoms with Crippen LogP contribution in [0.2, 0.25) is 0 Å². The van der Waals surface area contributed by atoms with Gasteiger partial charge in [0.05, 0.1) is 11.7 Å². The second kappa shape index (κ2) is 8.26. The van der Waals surface area contributed by atoms with Crippen LogP contribution in [0.15, 0.2) is 83.9 Å². The van der Waals surface area contributed by atoms with Gasteiger partial charge < -0.3 is 5.32 Å². The molecule has 1 heterocycles. The first-order chi connectivity index (χ1) is 12.9. The van der Waals surface area contributed by atoms with Gasteiger partial charge in [0.2, 0.25) is 0 Å². The number of halogens is 3. The Kier molecular flexibility index (Phi) is 5.81. The fourth-order valence-corrected chi connectivity index (χ4v) is 3.08. The van der Waals surface area contributed by atoms with Crippen LogP contribution in [0.3, 0.4) is 0 Å². The van der Waals surface area contributed by atoms with Crippen molar-refractivity contribution in [2.24, 2.45) is 0 Å². The number of amides is 1. The van der Waals surface area contributed by atoms with E-state index in [1.807, 2.05) is 36.4 Å². The highest BCUT2D eigenvalue weighted by molar-refractivity contribution is 8.00. The third-order valence-electron chi connectivity index (χ3n) is 3.74. The van der Waals surface area contributed by atoms with Gasteiger partial charge in [0.25, 0.3) is 5.91 Å². The Morgan fingerprint density at radius 3 is 2.19 bits per heavy atom. The summed E-state index contributed by atoms with van der Waals surface area (Å²) in [7, 11) is 0. The van der Waals surface area contributed by atoms with Crippen LogP contribution in [0.25, 0.3) is 0 Å². The first-order valence-electron chi connectivity index (χ1n) is 8.05. The largest absolute Gasteiger partial charge is 0.446 e. The maximum atomic E-state index is 12.6. The molecular formula is C20H15F3N2OS. The molecule has 7 heteroatoms. The summed E-state index contributed by atoms with van der Waals surface area (Å²) in [6.07, 6.45) is 1.64. The lowest BCUT2D eigenvalue weighted by Crippen LogP contribution is -2.29. The van der Waals surface area contributed by atoms with E-state index in [9.17, 15) is 18.0 Å². The summed E-state index contributed by atoms with van der Waals surface area (Å²) in [5, 5.41) is 2.90. The molecule has 3 nitrogen and oxygen atoms in total. The molecule has 0 bridgehead atoms. The van der Waals surface area contributed by atoms with Crippen LogP contribution in [-0.4, -0.2) is 16.4 Å². The first kappa shape index (κ1) is 19.0. The average molecular weight is 388 g/mol. The van der Waals surface area contributed by atoms with Crippen LogP contribution < -0.4 is 5.32 Å². The normalized spacial score (nSPS) is 12.4. The number of nitrogens with zero attached hydrogens (tertiary/aromatic N) is 1. The zero-order valence-corrected chi connectivity index (χ0v) is 14.8. The molecular weight excluding hydrogens is 373 g/mol. The monoisotopic (exact) mass is 388 g/mol. The standard InChI is InChI=1S/C20H15F3N2OS/c21-20(22,23)27-16-11-9-15(10-12-16)19(26)25-18(14-6-2-1-3-7-14)17-8-4-5-13-24-17/h1-13,18H,(H,25,26). The van der Waals surface area contributed by atoms with E-state index in [2.05, 4.69) is 10.3 Å². The molecule has 0 saturated carbocycles. The molecule has 138 valence electrons. The number of rotatable bonds is 5. The lowest BCUT2D eigenvalue weighted by molar-refractivity contribution is -0.0328. The molecule has 2 aromatic carbocycles. The highest BCUT2D eigenvalue weighted by atomic mass is 32.2. The molecule has 27 heavy (non-hydrogen) atoms. The quantitative estimate of drug-likeness (QED) is 0.610. The van der Waals surface area contributed by atoms with Gasteiger partial charge in [0.15, 0.2) is 0 Å². The summed E-state index contributed by atoms with van der Waals surface area (Å²) < 4.78 is 37.3. The van der Waals surface area contributed by atoms with Gasteiger partial charge in [0.1, 0.15) is 0 Å². The topological polar surface area (TPSA) is 42.0 Å².